The van der Waals surface area contributed by atoms with Gasteiger partial charge >= 0.3 is 5.97 Å². The molecule has 0 bridgehead atoms. The number of hydrogen-bond donors (Lipinski definition) is 2. The van der Waals surface area contributed by atoms with E-state index in [0.29, 0.717) is 13.1 Å². The van der Waals surface area contributed by atoms with E-state index in [2.05, 4.69) is 27.7 Å². The van der Waals surface area contributed by atoms with Gasteiger partial charge in [0.05, 0.1) is 10.5 Å². The summed E-state index contributed by atoms with van der Waals surface area (Å²) in [5, 5.41) is 9.37. The summed E-state index contributed by atoms with van der Waals surface area (Å²) in [4.78, 5) is 11.5. The predicted octanol–water partition coefficient (Wildman–Crippen LogP) is 5.39. The fourth-order valence-electron chi connectivity index (χ4n) is 3.71. The minimum Gasteiger partial charge on any atom is -0.478 e. The van der Waals surface area contributed by atoms with Crippen LogP contribution in [0.1, 0.15) is 89.4 Å². The number of aromatic carboxylic acids is 1. The van der Waals surface area contributed by atoms with Crippen LogP contribution in [0.3, 0.4) is 0 Å². The van der Waals surface area contributed by atoms with E-state index in [4.69, 9.17) is 5.73 Å². The van der Waals surface area contributed by atoms with Gasteiger partial charge in [0.25, 0.3) is 0 Å². The van der Waals surface area contributed by atoms with Gasteiger partial charge in [-0.3, -0.25) is 0 Å². The summed E-state index contributed by atoms with van der Waals surface area (Å²) in [5.74, 6) is -0.646. The lowest BCUT2D eigenvalue weighted by molar-refractivity contribution is 0.0697. The zero-order valence-electron chi connectivity index (χ0n) is 19.1. The van der Waals surface area contributed by atoms with Crippen molar-refractivity contribution in [1.82, 2.24) is 4.31 Å². The Morgan fingerprint density at radius 1 is 1.00 bits per heavy atom. The molecule has 0 aromatic heterocycles. The zero-order chi connectivity index (χ0) is 22.7. The van der Waals surface area contributed by atoms with Crippen LogP contribution in [0.2, 0.25) is 0 Å². The lowest BCUT2D eigenvalue weighted by atomic mass is 9.97. The monoisotopic (exact) mass is 440 g/mol. The van der Waals surface area contributed by atoms with Crippen LogP contribution < -0.4 is 5.73 Å². The smallest absolute Gasteiger partial charge is 0.337 e. The molecule has 1 aromatic carbocycles. The Morgan fingerprint density at radius 2 is 1.50 bits per heavy atom. The van der Waals surface area contributed by atoms with Gasteiger partial charge in [-0.25, -0.2) is 13.2 Å². The van der Waals surface area contributed by atoms with Gasteiger partial charge in [-0.05, 0) is 42.9 Å². The highest BCUT2D eigenvalue weighted by atomic mass is 32.2. The summed E-state index contributed by atoms with van der Waals surface area (Å²) in [6.45, 7) is 9.42. The highest BCUT2D eigenvalue weighted by molar-refractivity contribution is 7.89. The first-order valence-electron chi connectivity index (χ1n) is 11.3. The SMILES string of the molecule is CCCCC(CC)CN(CC(CC)CCCC)S(=O)(=O)c1ccc(N)c(C(=O)O)c1. The molecule has 1 rings (SSSR count). The van der Waals surface area contributed by atoms with Crippen molar-refractivity contribution >= 4 is 21.7 Å². The van der Waals surface area contributed by atoms with Crippen LogP contribution in [0.15, 0.2) is 23.1 Å². The summed E-state index contributed by atoms with van der Waals surface area (Å²) in [6, 6.07) is 3.99. The summed E-state index contributed by atoms with van der Waals surface area (Å²) in [7, 11) is -3.82. The normalized spacial score (nSPS) is 14.0. The highest BCUT2D eigenvalue weighted by Crippen LogP contribution is 2.26. The molecule has 3 N–H and O–H groups in total. The Balaban J connectivity index is 3.28. The molecule has 0 saturated heterocycles. The minimum atomic E-state index is -3.82. The van der Waals surface area contributed by atoms with Crippen molar-refractivity contribution in [3.8, 4) is 0 Å². The molecule has 0 saturated carbocycles. The average molecular weight is 441 g/mol. The van der Waals surface area contributed by atoms with Crippen molar-refractivity contribution in [2.45, 2.75) is 84.0 Å². The molecule has 2 atom stereocenters. The Hall–Kier alpha value is -1.60. The number of nitrogen functional groups attached to an aromatic ring is 1. The lowest BCUT2D eigenvalue weighted by Crippen LogP contribution is -2.39. The molecule has 7 heteroatoms. The molecule has 0 amide bonds. The van der Waals surface area contributed by atoms with Crippen LogP contribution in [0, 0.1) is 11.8 Å². The van der Waals surface area contributed by atoms with Crippen LogP contribution in [0.25, 0.3) is 0 Å². The van der Waals surface area contributed by atoms with Crippen LogP contribution in [0.5, 0.6) is 0 Å². The second kappa shape index (κ2) is 13.0. The first-order valence-corrected chi connectivity index (χ1v) is 12.8. The molecule has 0 aliphatic heterocycles. The number of nitrogens with zero attached hydrogens (tertiary/aromatic N) is 1. The van der Waals surface area contributed by atoms with E-state index in [0.717, 1.165) is 51.4 Å². The quantitative estimate of drug-likeness (QED) is 0.356. The van der Waals surface area contributed by atoms with E-state index in [9.17, 15) is 18.3 Å². The summed E-state index contributed by atoms with van der Waals surface area (Å²) in [6.07, 6.45) is 8.13. The molecule has 0 spiro atoms. The Kier molecular flexibility index (Phi) is 11.4. The average Bonchev–Trinajstić information content (AvgIpc) is 2.72. The Labute approximate surface area is 182 Å². The van der Waals surface area contributed by atoms with E-state index in [1.165, 1.54) is 18.2 Å². The van der Waals surface area contributed by atoms with Crippen molar-refractivity contribution in [2.24, 2.45) is 11.8 Å². The number of anilines is 1. The number of carbonyl (C=O) groups is 1. The van der Waals surface area contributed by atoms with E-state index < -0.39 is 16.0 Å². The van der Waals surface area contributed by atoms with Gasteiger partial charge < -0.3 is 10.8 Å². The van der Waals surface area contributed by atoms with E-state index >= 15 is 0 Å². The van der Waals surface area contributed by atoms with Gasteiger partial charge in [0.2, 0.25) is 10.0 Å². The van der Waals surface area contributed by atoms with Gasteiger partial charge in [-0.2, -0.15) is 4.31 Å². The zero-order valence-corrected chi connectivity index (χ0v) is 19.9. The third-order valence-electron chi connectivity index (χ3n) is 5.90. The Morgan fingerprint density at radius 3 is 1.90 bits per heavy atom. The summed E-state index contributed by atoms with van der Waals surface area (Å²) >= 11 is 0. The minimum absolute atomic E-state index is 0.00443. The third-order valence-corrected chi connectivity index (χ3v) is 7.73. The number of carboxylic acids is 1. The Bertz CT molecular complexity index is 746. The van der Waals surface area contributed by atoms with Gasteiger partial charge in [0.1, 0.15) is 0 Å². The topological polar surface area (TPSA) is 101 Å². The number of benzene rings is 1. The van der Waals surface area contributed by atoms with Crippen LogP contribution in [-0.2, 0) is 10.0 Å². The summed E-state index contributed by atoms with van der Waals surface area (Å²) < 4.78 is 28.7. The molecule has 0 aliphatic rings. The number of rotatable bonds is 15. The molecule has 6 nitrogen and oxygen atoms in total. The molecule has 0 heterocycles. The number of nitrogens with two attached hydrogens (primary N) is 1. The van der Waals surface area contributed by atoms with Crippen LogP contribution in [0.4, 0.5) is 5.69 Å². The molecular weight excluding hydrogens is 400 g/mol. The first kappa shape index (κ1) is 26.4. The van der Waals surface area contributed by atoms with Crippen molar-refractivity contribution in [2.75, 3.05) is 18.8 Å². The van der Waals surface area contributed by atoms with Crippen LogP contribution in [-0.4, -0.2) is 36.9 Å². The predicted molar refractivity (Wildman–Crippen MR) is 123 cm³/mol. The number of sulfonamides is 1. The maximum atomic E-state index is 13.6. The van der Waals surface area contributed by atoms with Crippen molar-refractivity contribution < 1.29 is 18.3 Å². The van der Waals surface area contributed by atoms with E-state index in [1.54, 1.807) is 4.31 Å². The largest absolute Gasteiger partial charge is 0.478 e. The van der Waals surface area contributed by atoms with Crippen molar-refractivity contribution in [3.63, 3.8) is 0 Å². The fraction of sp³-hybridized carbons (Fsp3) is 0.696. The lowest BCUT2D eigenvalue weighted by Gasteiger charge is -2.30. The molecular formula is C23H40N2O4S. The number of hydrogen-bond acceptors (Lipinski definition) is 4. The maximum Gasteiger partial charge on any atom is 0.337 e. The van der Waals surface area contributed by atoms with Gasteiger partial charge in [0, 0.05) is 18.8 Å². The molecule has 172 valence electrons. The molecule has 0 aliphatic carbocycles. The van der Waals surface area contributed by atoms with Crippen molar-refractivity contribution in [1.29, 1.82) is 0 Å². The number of carboxylic acid groups (broad SMARTS) is 1. The second-order valence-corrected chi connectivity index (χ2v) is 10.1. The molecule has 0 radical (unpaired) electrons. The highest BCUT2D eigenvalue weighted by Gasteiger charge is 2.29. The standard InChI is InChI=1S/C23H40N2O4S/c1-5-9-11-18(7-3)16-25(17-19(8-4)12-10-6-2)30(28,29)20-13-14-22(24)21(15-20)23(26)27/h13-15,18-19H,5-12,16-17,24H2,1-4H3,(H,26,27). The summed E-state index contributed by atoms with van der Waals surface area (Å²) in [5.41, 5.74) is 5.63. The fourth-order valence-corrected chi connectivity index (χ4v) is 5.33. The van der Waals surface area contributed by atoms with E-state index in [-0.39, 0.29) is 28.0 Å². The first-order chi connectivity index (χ1) is 14.2. The maximum absolute atomic E-state index is 13.6. The van der Waals surface area contributed by atoms with Gasteiger partial charge in [-0.15, -0.1) is 0 Å². The molecule has 2 unspecified atom stereocenters. The van der Waals surface area contributed by atoms with Crippen molar-refractivity contribution in [3.05, 3.63) is 23.8 Å². The molecule has 1 aromatic rings. The van der Waals surface area contributed by atoms with E-state index in [1.807, 2.05) is 0 Å². The second-order valence-electron chi connectivity index (χ2n) is 8.21. The van der Waals surface area contributed by atoms with Gasteiger partial charge in [0.15, 0.2) is 0 Å². The third kappa shape index (κ3) is 7.58. The number of unbranched alkanes of at least 4 members (excludes halogenated alkanes) is 2. The van der Waals surface area contributed by atoms with Crippen LogP contribution >= 0.6 is 0 Å². The molecule has 0 fully saturated rings. The van der Waals surface area contributed by atoms with Gasteiger partial charge in [-0.1, -0.05) is 66.2 Å². The molecule has 30 heavy (non-hydrogen) atoms.